The number of aromatic nitrogens is 2. The van der Waals surface area contributed by atoms with Gasteiger partial charge in [0.1, 0.15) is 0 Å². The van der Waals surface area contributed by atoms with E-state index in [0.29, 0.717) is 31.9 Å². The minimum atomic E-state index is -0.342. The van der Waals surface area contributed by atoms with E-state index in [1.165, 1.54) is 7.11 Å². The molecule has 0 radical (unpaired) electrons. The number of nitrogens with one attached hydrogen (secondary N) is 1. The Kier molecular flexibility index (Phi) is 4.27. The highest BCUT2D eigenvalue weighted by atomic mass is 16.5. The van der Waals surface area contributed by atoms with Gasteiger partial charge < -0.3 is 9.64 Å². The molecule has 2 amide bonds. The van der Waals surface area contributed by atoms with Crippen molar-refractivity contribution in [3.8, 4) is 0 Å². The normalized spacial score (nSPS) is 15.9. The van der Waals surface area contributed by atoms with Crippen LogP contribution in [-0.2, 0) is 9.53 Å². The standard InChI is InChI=1S/C12H16N4O3/c1-19-12(18)16-7-3-9(4-8-16)10(17)15-11-13-5-2-6-14-11/h2,5-6,9H,3-4,7-8H2,1H3,(H,13,14,15,17). The minimum Gasteiger partial charge on any atom is -0.453 e. The van der Waals surface area contributed by atoms with Crippen LogP contribution in [0.3, 0.4) is 0 Å². The molecule has 0 spiro atoms. The van der Waals surface area contributed by atoms with Crippen LogP contribution in [0, 0.1) is 5.92 Å². The number of rotatable bonds is 2. The van der Waals surface area contributed by atoms with E-state index in [1.54, 1.807) is 23.4 Å². The molecule has 1 N–H and O–H groups in total. The lowest BCUT2D eigenvalue weighted by Crippen LogP contribution is -2.41. The molecule has 2 heterocycles. The van der Waals surface area contributed by atoms with Gasteiger partial charge in [-0.3, -0.25) is 10.1 Å². The fourth-order valence-corrected chi connectivity index (χ4v) is 2.03. The third-order valence-corrected chi connectivity index (χ3v) is 3.10. The van der Waals surface area contributed by atoms with Gasteiger partial charge in [0.15, 0.2) is 0 Å². The van der Waals surface area contributed by atoms with E-state index in [2.05, 4.69) is 20.0 Å². The molecular weight excluding hydrogens is 248 g/mol. The van der Waals surface area contributed by atoms with Crippen molar-refractivity contribution >= 4 is 17.9 Å². The summed E-state index contributed by atoms with van der Waals surface area (Å²) in [6.45, 7) is 1.06. The van der Waals surface area contributed by atoms with Crippen LogP contribution in [0.4, 0.5) is 10.7 Å². The van der Waals surface area contributed by atoms with Crippen molar-refractivity contribution in [2.45, 2.75) is 12.8 Å². The summed E-state index contributed by atoms with van der Waals surface area (Å²) in [6.07, 6.45) is 4.04. The lowest BCUT2D eigenvalue weighted by atomic mass is 9.96. The quantitative estimate of drug-likeness (QED) is 0.857. The molecule has 7 heteroatoms. The molecule has 7 nitrogen and oxygen atoms in total. The van der Waals surface area contributed by atoms with Crippen molar-refractivity contribution in [2.75, 3.05) is 25.5 Å². The smallest absolute Gasteiger partial charge is 0.409 e. The largest absolute Gasteiger partial charge is 0.453 e. The third-order valence-electron chi connectivity index (χ3n) is 3.10. The number of carbonyl (C=O) groups is 2. The molecule has 1 aliphatic heterocycles. The number of ether oxygens (including phenoxy) is 1. The summed E-state index contributed by atoms with van der Waals surface area (Å²) in [4.78, 5) is 32.8. The van der Waals surface area contributed by atoms with Crippen molar-refractivity contribution < 1.29 is 14.3 Å². The molecule has 0 bridgehead atoms. The van der Waals surface area contributed by atoms with Gasteiger partial charge in [-0.05, 0) is 18.9 Å². The topological polar surface area (TPSA) is 84.4 Å². The molecule has 1 fully saturated rings. The van der Waals surface area contributed by atoms with Gasteiger partial charge >= 0.3 is 6.09 Å². The molecule has 0 saturated carbocycles. The number of hydrogen-bond acceptors (Lipinski definition) is 5. The van der Waals surface area contributed by atoms with Crippen molar-refractivity contribution in [2.24, 2.45) is 5.92 Å². The van der Waals surface area contributed by atoms with E-state index < -0.39 is 0 Å². The van der Waals surface area contributed by atoms with E-state index >= 15 is 0 Å². The first-order valence-corrected chi connectivity index (χ1v) is 6.11. The number of amides is 2. The molecule has 1 aromatic heterocycles. The molecule has 0 atom stereocenters. The van der Waals surface area contributed by atoms with Gasteiger partial charge in [0, 0.05) is 31.4 Å². The molecular formula is C12H16N4O3. The molecule has 0 aromatic carbocycles. The Morgan fingerprint density at radius 2 is 1.95 bits per heavy atom. The molecule has 0 unspecified atom stereocenters. The third kappa shape index (κ3) is 3.40. The average Bonchev–Trinajstić information content (AvgIpc) is 2.47. The Morgan fingerprint density at radius 1 is 1.32 bits per heavy atom. The van der Waals surface area contributed by atoms with Crippen molar-refractivity contribution in [1.82, 2.24) is 14.9 Å². The summed E-state index contributed by atoms with van der Waals surface area (Å²) in [7, 11) is 1.36. The number of piperidine rings is 1. The number of anilines is 1. The number of likely N-dealkylation sites (tertiary alicyclic amines) is 1. The second-order valence-electron chi connectivity index (χ2n) is 4.29. The van der Waals surface area contributed by atoms with Crippen LogP contribution in [0.25, 0.3) is 0 Å². The van der Waals surface area contributed by atoms with E-state index in [-0.39, 0.29) is 17.9 Å². The second-order valence-corrected chi connectivity index (χ2v) is 4.29. The first-order chi connectivity index (χ1) is 9.20. The molecule has 1 aromatic rings. The van der Waals surface area contributed by atoms with Crippen LogP contribution in [0.2, 0.25) is 0 Å². The van der Waals surface area contributed by atoms with Crippen molar-refractivity contribution in [1.29, 1.82) is 0 Å². The van der Waals surface area contributed by atoms with E-state index in [4.69, 9.17) is 0 Å². The molecule has 0 aliphatic carbocycles. The lowest BCUT2D eigenvalue weighted by Gasteiger charge is -2.29. The number of carbonyl (C=O) groups excluding carboxylic acids is 2. The first-order valence-electron chi connectivity index (χ1n) is 6.11. The summed E-state index contributed by atoms with van der Waals surface area (Å²) < 4.78 is 4.65. The zero-order chi connectivity index (χ0) is 13.7. The van der Waals surface area contributed by atoms with Crippen LogP contribution in [0.1, 0.15) is 12.8 Å². The van der Waals surface area contributed by atoms with E-state index in [0.717, 1.165) is 0 Å². The van der Waals surface area contributed by atoms with E-state index in [9.17, 15) is 9.59 Å². The Bertz CT molecular complexity index is 444. The Morgan fingerprint density at radius 3 is 2.53 bits per heavy atom. The van der Waals surface area contributed by atoms with Gasteiger partial charge in [-0.15, -0.1) is 0 Å². The van der Waals surface area contributed by atoms with Crippen LogP contribution in [-0.4, -0.2) is 47.1 Å². The SMILES string of the molecule is COC(=O)N1CCC(C(=O)Nc2ncccn2)CC1. The van der Waals surface area contributed by atoms with Gasteiger partial charge in [0.2, 0.25) is 11.9 Å². The molecule has 2 rings (SSSR count). The summed E-state index contributed by atoms with van der Waals surface area (Å²) in [5.41, 5.74) is 0. The molecule has 19 heavy (non-hydrogen) atoms. The van der Waals surface area contributed by atoms with Crippen LogP contribution in [0.5, 0.6) is 0 Å². The first kappa shape index (κ1) is 13.3. The maximum atomic E-state index is 12.0. The molecule has 1 saturated heterocycles. The van der Waals surface area contributed by atoms with Gasteiger partial charge in [0.25, 0.3) is 0 Å². The highest BCUT2D eigenvalue weighted by Crippen LogP contribution is 2.18. The van der Waals surface area contributed by atoms with Gasteiger partial charge in [-0.2, -0.15) is 0 Å². The Balaban J connectivity index is 1.84. The molecule has 102 valence electrons. The monoisotopic (exact) mass is 264 g/mol. The maximum absolute atomic E-state index is 12.0. The lowest BCUT2D eigenvalue weighted by molar-refractivity contribution is -0.121. The zero-order valence-electron chi connectivity index (χ0n) is 10.7. The van der Waals surface area contributed by atoms with Crippen LogP contribution < -0.4 is 5.32 Å². The van der Waals surface area contributed by atoms with Crippen molar-refractivity contribution in [3.63, 3.8) is 0 Å². The summed E-state index contributed by atoms with van der Waals surface area (Å²) in [5.74, 6) is 0.0864. The summed E-state index contributed by atoms with van der Waals surface area (Å²) in [6, 6.07) is 1.69. The maximum Gasteiger partial charge on any atom is 0.409 e. The molecule has 1 aliphatic rings. The minimum absolute atomic E-state index is 0.101. The van der Waals surface area contributed by atoms with Gasteiger partial charge in [0.05, 0.1) is 7.11 Å². The predicted molar refractivity (Wildman–Crippen MR) is 67.4 cm³/mol. The van der Waals surface area contributed by atoms with Gasteiger partial charge in [-0.1, -0.05) is 0 Å². The summed E-state index contributed by atoms with van der Waals surface area (Å²) >= 11 is 0. The summed E-state index contributed by atoms with van der Waals surface area (Å²) in [5, 5.41) is 2.67. The second kappa shape index (κ2) is 6.12. The average molecular weight is 264 g/mol. The number of nitrogens with zero attached hydrogens (tertiary/aromatic N) is 3. The fourth-order valence-electron chi connectivity index (χ4n) is 2.03. The van der Waals surface area contributed by atoms with Crippen LogP contribution in [0.15, 0.2) is 18.5 Å². The predicted octanol–water partition coefficient (Wildman–Crippen LogP) is 0.893. The zero-order valence-corrected chi connectivity index (χ0v) is 10.7. The highest BCUT2D eigenvalue weighted by Gasteiger charge is 2.27. The Hall–Kier alpha value is -2.18. The highest BCUT2D eigenvalue weighted by molar-refractivity contribution is 5.91. The van der Waals surface area contributed by atoms with E-state index in [1.807, 2.05) is 0 Å². The Labute approximate surface area is 111 Å². The fraction of sp³-hybridized carbons (Fsp3) is 0.500. The van der Waals surface area contributed by atoms with Gasteiger partial charge in [-0.25, -0.2) is 14.8 Å². The van der Waals surface area contributed by atoms with Crippen molar-refractivity contribution in [3.05, 3.63) is 18.5 Å². The number of methoxy groups -OCH3 is 1. The van der Waals surface area contributed by atoms with Crippen LogP contribution >= 0.6 is 0 Å². The number of hydrogen-bond donors (Lipinski definition) is 1.